The van der Waals surface area contributed by atoms with Gasteiger partial charge >= 0.3 is 0 Å². The molecule has 0 nitrogen and oxygen atoms in total. The topological polar surface area (TPSA) is 0 Å². The van der Waals surface area contributed by atoms with Gasteiger partial charge in [-0.15, -0.1) is 0 Å². The summed E-state index contributed by atoms with van der Waals surface area (Å²) in [5.74, 6) is 3.82. The van der Waals surface area contributed by atoms with Gasteiger partial charge in [-0.3, -0.25) is 0 Å². The van der Waals surface area contributed by atoms with Crippen LogP contribution in [0.2, 0.25) is 0 Å². The number of hydrogen-bond donors (Lipinski definition) is 0. The van der Waals surface area contributed by atoms with Crippen molar-refractivity contribution in [2.45, 2.75) is 72.6 Å². The lowest BCUT2D eigenvalue weighted by molar-refractivity contribution is 0.260. The van der Waals surface area contributed by atoms with Crippen molar-refractivity contribution in [1.29, 1.82) is 0 Å². The molecule has 1 aliphatic rings. The molecule has 0 N–H and O–H groups in total. The van der Waals surface area contributed by atoms with Crippen LogP contribution >= 0.6 is 0 Å². The van der Waals surface area contributed by atoms with Gasteiger partial charge in [0.15, 0.2) is 0 Å². The van der Waals surface area contributed by atoms with Crippen molar-refractivity contribution in [1.82, 2.24) is 0 Å². The third-order valence-electron chi connectivity index (χ3n) is 4.40. The van der Waals surface area contributed by atoms with Gasteiger partial charge in [-0.05, 0) is 36.5 Å². The SMILES string of the molecule is CC1CCCC(C)CCC(C(C)C)CC1. The van der Waals surface area contributed by atoms with Crippen LogP contribution < -0.4 is 0 Å². The van der Waals surface area contributed by atoms with Gasteiger partial charge in [0.05, 0.1) is 0 Å². The summed E-state index contributed by atoms with van der Waals surface area (Å²) in [6, 6.07) is 0. The zero-order valence-corrected chi connectivity index (χ0v) is 11.3. The van der Waals surface area contributed by atoms with Gasteiger partial charge in [0.2, 0.25) is 0 Å². The minimum absolute atomic E-state index is 0.892. The smallest absolute Gasteiger partial charge is 0.0391 e. The first kappa shape index (κ1) is 13.1. The number of rotatable bonds is 1. The summed E-state index contributed by atoms with van der Waals surface area (Å²) in [7, 11) is 0. The molecule has 1 fully saturated rings. The lowest BCUT2D eigenvalue weighted by atomic mass is 9.80. The van der Waals surface area contributed by atoms with E-state index in [1.165, 1.54) is 44.9 Å². The molecule has 1 aliphatic carbocycles. The van der Waals surface area contributed by atoms with Gasteiger partial charge in [0.25, 0.3) is 0 Å². The number of hydrogen-bond acceptors (Lipinski definition) is 0. The summed E-state index contributed by atoms with van der Waals surface area (Å²) >= 11 is 0. The summed E-state index contributed by atoms with van der Waals surface area (Å²) in [5, 5.41) is 0. The highest BCUT2D eigenvalue weighted by molar-refractivity contribution is 4.69. The molecule has 0 aromatic rings. The first-order chi connectivity index (χ1) is 7.09. The second-order valence-corrected chi connectivity index (χ2v) is 6.30. The van der Waals surface area contributed by atoms with E-state index in [1.54, 1.807) is 0 Å². The summed E-state index contributed by atoms with van der Waals surface area (Å²) in [4.78, 5) is 0. The van der Waals surface area contributed by atoms with Crippen LogP contribution in [0.15, 0.2) is 0 Å². The predicted molar refractivity (Wildman–Crippen MR) is 69.0 cm³/mol. The highest BCUT2D eigenvalue weighted by atomic mass is 14.2. The Kier molecular flexibility index (Phi) is 5.71. The monoisotopic (exact) mass is 210 g/mol. The lowest BCUT2D eigenvalue weighted by Crippen LogP contribution is -2.14. The minimum atomic E-state index is 0.892. The van der Waals surface area contributed by atoms with Gasteiger partial charge in [-0.2, -0.15) is 0 Å². The van der Waals surface area contributed by atoms with E-state index in [0.29, 0.717) is 0 Å². The summed E-state index contributed by atoms with van der Waals surface area (Å²) < 4.78 is 0. The van der Waals surface area contributed by atoms with E-state index >= 15 is 0 Å². The molecular formula is C15H30. The molecule has 0 aromatic heterocycles. The van der Waals surface area contributed by atoms with Crippen molar-refractivity contribution in [3.63, 3.8) is 0 Å². The Morgan fingerprint density at radius 1 is 0.733 bits per heavy atom. The largest absolute Gasteiger partial charge is 0.0625 e. The molecule has 0 heteroatoms. The van der Waals surface area contributed by atoms with E-state index < -0.39 is 0 Å². The van der Waals surface area contributed by atoms with Crippen LogP contribution in [-0.2, 0) is 0 Å². The van der Waals surface area contributed by atoms with Crippen molar-refractivity contribution in [2.24, 2.45) is 23.7 Å². The van der Waals surface area contributed by atoms with Crippen molar-refractivity contribution in [2.75, 3.05) is 0 Å². The second-order valence-electron chi connectivity index (χ2n) is 6.30. The van der Waals surface area contributed by atoms with E-state index in [9.17, 15) is 0 Å². The quantitative estimate of drug-likeness (QED) is 0.552. The fourth-order valence-electron chi connectivity index (χ4n) is 2.91. The second kappa shape index (κ2) is 6.55. The van der Waals surface area contributed by atoms with E-state index in [0.717, 1.165) is 23.7 Å². The summed E-state index contributed by atoms with van der Waals surface area (Å²) in [6.45, 7) is 9.71. The predicted octanol–water partition coefficient (Wildman–Crippen LogP) is 5.28. The maximum absolute atomic E-state index is 2.45. The van der Waals surface area contributed by atoms with Gasteiger partial charge in [-0.25, -0.2) is 0 Å². The maximum atomic E-state index is 2.45. The molecule has 1 saturated carbocycles. The molecule has 90 valence electrons. The fourth-order valence-corrected chi connectivity index (χ4v) is 2.91. The molecule has 1 rings (SSSR count). The fraction of sp³-hybridized carbons (Fsp3) is 1.00. The molecule has 15 heavy (non-hydrogen) atoms. The maximum Gasteiger partial charge on any atom is -0.0391 e. The van der Waals surface area contributed by atoms with Crippen LogP contribution in [0.1, 0.15) is 72.6 Å². The van der Waals surface area contributed by atoms with E-state index in [1.807, 2.05) is 0 Å². The molecule has 0 bridgehead atoms. The van der Waals surface area contributed by atoms with Crippen LogP contribution in [0.25, 0.3) is 0 Å². The van der Waals surface area contributed by atoms with Gasteiger partial charge in [0.1, 0.15) is 0 Å². The molecular weight excluding hydrogens is 180 g/mol. The minimum Gasteiger partial charge on any atom is -0.0625 e. The molecule has 0 saturated heterocycles. The van der Waals surface area contributed by atoms with Crippen LogP contribution in [0.4, 0.5) is 0 Å². The average molecular weight is 210 g/mol. The molecule has 2 unspecified atom stereocenters. The Labute approximate surface area is 96.8 Å². The molecule has 0 amide bonds. The molecule has 0 heterocycles. The first-order valence-electron chi connectivity index (χ1n) is 7.09. The average Bonchev–Trinajstić information content (AvgIpc) is 2.16. The zero-order valence-electron chi connectivity index (χ0n) is 11.3. The Morgan fingerprint density at radius 3 is 1.60 bits per heavy atom. The highest BCUT2D eigenvalue weighted by Crippen LogP contribution is 2.30. The van der Waals surface area contributed by atoms with Crippen LogP contribution in [0, 0.1) is 23.7 Å². The summed E-state index contributed by atoms with van der Waals surface area (Å²) in [5.41, 5.74) is 0. The van der Waals surface area contributed by atoms with Crippen LogP contribution in [0.5, 0.6) is 0 Å². The normalized spacial score (nSPS) is 35.4. The standard InChI is InChI=1S/C15H30/c1-12(2)15-10-8-13(3)6-5-7-14(4)9-11-15/h12-15H,5-11H2,1-4H3. The van der Waals surface area contributed by atoms with Gasteiger partial charge < -0.3 is 0 Å². The molecule has 0 spiro atoms. The van der Waals surface area contributed by atoms with E-state index in [2.05, 4.69) is 27.7 Å². The Balaban J connectivity index is 2.45. The third kappa shape index (κ3) is 5.04. The molecule has 0 aromatic carbocycles. The molecule has 0 radical (unpaired) electrons. The third-order valence-corrected chi connectivity index (χ3v) is 4.40. The van der Waals surface area contributed by atoms with Crippen LogP contribution in [0.3, 0.4) is 0 Å². The van der Waals surface area contributed by atoms with E-state index in [-0.39, 0.29) is 0 Å². The first-order valence-corrected chi connectivity index (χ1v) is 7.09. The Bertz CT molecular complexity index is 145. The Hall–Kier alpha value is 0. The molecule has 0 aliphatic heterocycles. The Morgan fingerprint density at radius 2 is 1.20 bits per heavy atom. The van der Waals surface area contributed by atoms with Gasteiger partial charge in [0, 0.05) is 0 Å². The van der Waals surface area contributed by atoms with E-state index in [4.69, 9.17) is 0 Å². The lowest BCUT2D eigenvalue weighted by Gasteiger charge is -2.26. The highest BCUT2D eigenvalue weighted by Gasteiger charge is 2.17. The summed E-state index contributed by atoms with van der Waals surface area (Å²) in [6.07, 6.45) is 10.3. The zero-order chi connectivity index (χ0) is 11.3. The van der Waals surface area contributed by atoms with Crippen molar-refractivity contribution in [3.05, 3.63) is 0 Å². The van der Waals surface area contributed by atoms with Gasteiger partial charge in [-0.1, -0.05) is 59.8 Å². The molecule has 2 atom stereocenters. The van der Waals surface area contributed by atoms with Crippen LogP contribution in [-0.4, -0.2) is 0 Å². The van der Waals surface area contributed by atoms with Crippen molar-refractivity contribution < 1.29 is 0 Å². The van der Waals surface area contributed by atoms with Crippen molar-refractivity contribution in [3.8, 4) is 0 Å². The van der Waals surface area contributed by atoms with Crippen molar-refractivity contribution >= 4 is 0 Å².